The molecule has 0 fully saturated rings. The van der Waals surface area contributed by atoms with Crippen molar-refractivity contribution in [2.75, 3.05) is 18.4 Å². The Morgan fingerprint density at radius 2 is 2.05 bits per heavy atom. The number of alkyl halides is 3. The zero-order valence-corrected chi connectivity index (χ0v) is 11.6. The highest BCUT2D eigenvalue weighted by atomic mass is 35.5. The lowest BCUT2D eigenvalue weighted by molar-refractivity contribution is -0.137. The number of carbonyl (C=O) groups excluding carboxylic acids is 1. The molecule has 8 heteroatoms. The quantitative estimate of drug-likeness (QED) is 0.794. The van der Waals surface area contributed by atoms with Gasteiger partial charge in [0.05, 0.1) is 5.56 Å². The van der Waals surface area contributed by atoms with Crippen LogP contribution in [0.25, 0.3) is 0 Å². The molecule has 0 unspecified atom stereocenters. The van der Waals surface area contributed by atoms with Gasteiger partial charge in [-0.05, 0) is 18.6 Å². The first-order valence-corrected chi connectivity index (χ1v) is 6.46. The first kappa shape index (κ1) is 16.6. The van der Waals surface area contributed by atoms with E-state index in [0.29, 0.717) is 6.54 Å². The van der Waals surface area contributed by atoms with E-state index in [1.54, 1.807) is 0 Å². The highest BCUT2D eigenvalue weighted by Gasteiger charge is 2.31. The third-order valence-electron chi connectivity index (χ3n) is 2.35. The highest BCUT2D eigenvalue weighted by molar-refractivity contribution is 6.29. The van der Waals surface area contributed by atoms with E-state index in [2.05, 4.69) is 15.6 Å². The fraction of sp³-hybridized carbons (Fsp3) is 0.500. The van der Waals surface area contributed by atoms with Crippen LogP contribution in [0.4, 0.5) is 19.0 Å². The molecule has 0 saturated carbocycles. The lowest BCUT2D eigenvalue weighted by Crippen LogP contribution is -2.26. The van der Waals surface area contributed by atoms with Gasteiger partial charge in [-0.1, -0.05) is 18.5 Å². The minimum absolute atomic E-state index is 0.00637. The number of hydrogen-bond acceptors (Lipinski definition) is 3. The number of pyridine rings is 1. The molecule has 0 bridgehead atoms. The van der Waals surface area contributed by atoms with Gasteiger partial charge in [-0.25, -0.2) is 4.98 Å². The smallest absolute Gasteiger partial charge is 0.369 e. The fourth-order valence-electron chi connectivity index (χ4n) is 1.41. The zero-order chi connectivity index (χ0) is 15.2. The molecule has 0 radical (unpaired) electrons. The molecule has 0 aliphatic carbocycles. The second-order valence-electron chi connectivity index (χ2n) is 4.09. The van der Waals surface area contributed by atoms with E-state index < -0.39 is 11.7 Å². The van der Waals surface area contributed by atoms with Gasteiger partial charge in [0, 0.05) is 19.5 Å². The predicted molar refractivity (Wildman–Crippen MR) is 70.7 cm³/mol. The third kappa shape index (κ3) is 5.64. The summed E-state index contributed by atoms with van der Waals surface area (Å²) >= 11 is 5.54. The van der Waals surface area contributed by atoms with Crippen molar-refractivity contribution in [3.8, 4) is 0 Å². The van der Waals surface area contributed by atoms with Crippen molar-refractivity contribution >= 4 is 23.3 Å². The van der Waals surface area contributed by atoms with Crippen LogP contribution in [0.5, 0.6) is 0 Å². The van der Waals surface area contributed by atoms with E-state index in [-0.39, 0.29) is 29.8 Å². The standard InChI is InChI=1S/C12H15ClF3N3O/c1-2-4-18-11(20)3-5-17-10-7-8(12(14,15)16)6-9(13)19-10/h6-7H,2-5H2,1H3,(H,17,19)(H,18,20). The van der Waals surface area contributed by atoms with Crippen molar-refractivity contribution in [1.82, 2.24) is 10.3 Å². The number of halogens is 4. The van der Waals surface area contributed by atoms with E-state index in [9.17, 15) is 18.0 Å². The van der Waals surface area contributed by atoms with Crippen LogP contribution in [-0.2, 0) is 11.0 Å². The monoisotopic (exact) mass is 309 g/mol. The van der Waals surface area contributed by atoms with Crippen molar-refractivity contribution in [2.45, 2.75) is 25.9 Å². The Morgan fingerprint density at radius 1 is 1.35 bits per heavy atom. The van der Waals surface area contributed by atoms with Crippen LogP contribution in [-0.4, -0.2) is 24.0 Å². The molecule has 0 aromatic carbocycles. The molecule has 0 aliphatic rings. The number of anilines is 1. The molecule has 1 aromatic rings. The molecule has 0 spiro atoms. The molecular formula is C12H15ClF3N3O. The fourth-order valence-corrected chi connectivity index (χ4v) is 1.62. The Hall–Kier alpha value is -1.50. The summed E-state index contributed by atoms with van der Waals surface area (Å²) in [6.07, 6.45) is -3.51. The lowest BCUT2D eigenvalue weighted by atomic mass is 10.2. The van der Waals surface area contributed by atoms with Gasteiger partial charge in [0.1, 0.15) is 11.0 Å². The van der Waals surface area contributed by atoms with Crippen molar-refractivity contribution in [1.29, 1.82) is 0 Å². The van der Waals surface area contributed by atoms with Gasteiger partial charge in [0.25, 0.3) is 0 Å². The number of aromatic nitrogens is 1. The number of amides is 1. The maximum atomic E-state index is 12.6. The average Bonchev–Trinajstić information content (AvgIpc) is 2.34. The van der Waals surface area contributed by atoms with Gasteiger partial charge in [0.2, 0.25) is 5.91 Å². The Labute approximate surface area is 119 Å². The summed E-state index contributed by atoms with van der Waals surface area (Å²) in [6.45, 7) is 2.68. The van der Waals surface area contributed by atoms with E-state index in [1.807, 2.05) is 6.92 Å². The Morgan fingerprint density at radius 3 is 2.65 bits per heavy atom. The van der Waals surface area contributed by atoms with Gasteiger partial charge in [0.15, 0.2) is 0 Å². The molecule has 0 atom stereocenters. The summed E-state index contributed by atoms with van der Waals surface area (Å²) < 4.78 is 37.7. The largest absolute Gasteiger partial charge is 0.416 e. The normalized spacial score (nSPS) is 11.2. The molecule has 0 aliphatic heterocycles. The molecule has 0 saturated heterocycles. The van der Waals surface area contributed by atoms with Crippen molar-refractivity contribution in [2.24, 2.45) is 0 Å². The molecule has 1 amide bonds. The van der Waals surface area contributed by atoms with Gasteiger partial charge < -0.3 is 10.6 Å². The highest BCUT2D eigenvalue weighted by Crippen LogP contribution is 2.31. The molecule has 112 valence electrons. The third-order valence-corrected chi connectivity index (χ3v) is 2.55. The van der Waals surface area contributed by atoms with Crippen LogP contribution in [0.15, 0.2) is 12.1 Å². The molecule has 1 rings (SSSR count). The van der Waals surface area contributed by atoms with Crippen molar-refractivity contribution in [3.63, 3.8) is 0 Å². The summed E-state index contributed by atoms with van der Waals surface area (Å²) in [5.41, 5.74) is -0.879. The van der Waals surface area contributed by atoms with Crippen LogP contribution in [0.1, 0.15) is 25.3 Å². The van der Waals surface area contributed by atoms with Crippen molar-refractivity contribution < 1.29 is 18.0 Å². The van der Waals surface area contributed by atoms with E-state index >= 15 is 0 Å². The van der Waals surface area contributed by atoms with Crippen LogP contribution >= 0.6 is 11.6 Å². The van der Waals surface area contributed by atoms with Crippen LogP contribution in [0.3, 0.4) is 0 Å². The molecule has 4 nitrogen and oxygen atoms in total. The van der Waals surface area contributed by atoms with Gasteiger partial charge >= 0.3 is 6.18 Å². The molecule has 2 N–H and O–H groups in total. The van der Waals surface area contributed by atoms with Crippen LogP contribution < -0.4 is 10.6 Å². The molecule has 1 heterocycles. The summed E-state index contributed by atoms with van der Waals surface area (Å²) in [5.74, 6) is -0.175. The molecule has 20 heavy (non-hydrogen) atoms. The first-order valence-electron chi connectivity index (χ1n) is 6.08. The number of nitrogens with one attached hydrogen (secondary N) is 2. The number of nitrogens with zero attached hydrogens (tertiary/aromatic N) is 1. The number of rotatable bonds is 6. The van der Waals surface area contributed by atoms with E-state index in [1.165, 1.54) is 0 Å². The predicted octanol–water partition coefficient (Wildman–Crippen LogP) is 3.08. The Balaban J connectivity index is 2.56. The maximum Gasteiger partial charge on any atom is 0.416 e. The first-order chi connectivity index (χ1) is 9.32. The van der Waals surface area contributed by atoms with Crippen LogP contribution in [0, 0.1) is 0 Å². The number of hydrogen-bond donors (Lipinski definition) is 2. The summed E-state index contributed by atoms with van der Waals surface area (Å²) in [5, 5.41) is 5.06. The Kier molecular flexibility index (Phi) is 6.06. The lowest BCUT2D eigenvalue weighted by Gasteiger charge is -2.10. The number of carbonyl (C=O) groups is 1. The van der Waals surface area contributed by atoms with E-state index in [4.69, 9.17) is 11.6 Å². The topological polar surface area (TPSA) is 54.0 Å². The van der Waals surface area contributed by atoms with Crippen LogP contribution in [0.2, 0.25) is 5.15 Å². The van der Waals surface area contributed by atoms with Crippen molar-refractivity contribution in [3.05, 3.63) is 22.8 Å². The SMILES string of the molecule is CCCNC(=O)CCNc1cc(C(F)(F)F)cc(Cl)n1. The zero-order valence-electron chi connectivity index (χ0n) is 10.9. The minimum Gasteiger partial charge on any atom is -0.369 e. The maximum absolute atomic E-state index is 12.6. The van der Waals surface area contributed by atoms with Gasteiger partial charge in [-0.15, -0.1) is 0 Å². The second-order valence-corrected chi connectivity index (χ2v) is 4.48. The molecular weight excluding hydrogens is 295 g/mol. The average molecular weight is 310 g/mol. The van der Waals surface area contributed by atoms with Gasteiger partial charge in [-0.3, -0.25) is 4.79 Å². The second kappa shape index (κ2) is 7.33. The minimum atomic E-state index is -4.48. The van der Waals surface area contributed by atoms with Gasteiger partial charge in [-0.2, -0.15) is 13.2 Å². The Bertz CT molecular complexity index is 466. The summed E-state index contributed by atoms with van der Waals surface area (Å²) in [4.78, 5) is 15.0. The van der Waals surface area contributed by atoms with E-state index in [0.717, 1.165) is 18.6 Å². The summed E-state index contributed by atoms with van der Waals surface area (Å²) in [7, 11) is 0. The summed E-state index contributed by atoms with van der Waals surface area (Å²) in [6, 6.07) is 1.61. The molecule has 1 aromatic heterocycles.